The molecule has 0 aliphatic carbocycles. The number of hydrogen-bond donors (Lipinski definition) is 2. The SMILES string of the molecule is O=C(CC(=O)Nc1ccc(F)cc1F)NCc1ccco1. The molecular weight excluding hydrogens is 282 g/mol. The van der Waals surface area contributed by atoms with Gasteiger partial charge in [0.2, 0.25) is 11.8 Å². The van der Waals surface area contributed by atoms with Gasteiger partial charge in [-0.1, -0.05) is 0 Å². The van der Waals surface area contributed by atoms with E-state index in [1.54, 1.807) is 12.1 Å². The van der Waals surface area contributed by atoms with E-state index in [-0.39, 0.29) is 12.2 Å². The molecule has 21 heavy (non-hydrogen) atoms. The monoisotopic (exact) mass is 294 g/mol. The Morgan fingerprint density at radius 3 is 2.62 bits per heavy atom. The molecule has 0 fully saturated rings. The van der Waals surface area contributed by atoms with Crippen LogP contribution in [0.4, 0.5) is 14.5 Å². The van der Waals surface area contributed by atoms with Crippen LogP contribution in [0.5, 0.6) is 0 Å². The molecule has 0 saturated heterocycles. The normalized spacial score (nSPS) is 10.2. The third kappa shape index (κ3) is 4.41. The summed E-state index contributed by atoms with van der Waals surface area (Å²) >= 11 is 0. The van der Waals surface area contributed by atoms with E-state index in [1.165, 1.54) is 6.26 Å². The van der Waals surface area contributed by atoms with E-state index in [2.05, 4.69) is 10.6 Å². The molecule has 7 heteroatoms. The van der Waals surface area contributed by atoms with Crippen molar-refractivity contribution in [3.05, 3.63) is 54.0 Å². The highest BCUT2D eigenvalue weighted by Gasteiger charge is 2.12. The van der Waals surface area contributed by atoms with Gasteiger partial charge in [0, 0.05) is 6.07 Å². The predicted octanol–water partition coefficient (Wildman–Crippen LogP) is 2.20. The van der Waals surface area contributed by atoms with Crippen LogP contribution in [0.2, 0.25) is 0 Å². The molecule has 2 amide bonds. The molecule has 0 spiro atoms. The first-order valence-electron chi connectivity index (χ1n) is 6.08. The Morgan fingerprint density at radius 2 is 1.95 bits per heavy atom. The molecule has 0 radical (unpaired) electrons. The fourth-order valence-electron chi connectivity index (χ4n) is 1.59. The Morgan fingerprint density at radius 1 is 1.14 bits per heavy atom. The molecule has 110 valence electrons. The first-order chi connectivity index (χ1) is 10.0. The van der Waals surface area contributed by atoms with Gasteiger partial charge < -0.3 is 15.1 Å². The van der Waals surface area contributed by atoms with Crippen LogP contribution in [-0.2, 0) is 16.1 Å². The Bertz CT molecular complexity index is 642. The zero-order valence-corrected chi connectivity index (χ0v) is 10.9. The van der Waals surface area contributed by atoms with Crippen LogP contribution in [-0.4, -0.2) is 11.8 Å². The van der Waals surface area contributed by atoms with Gasteiger partial charge in [0.1, 0.15) is 23.8 Å². The third-order valence-corrected chi connectivity index (χ3v) is 2.57. The van der Waals surface area contributed by atoms with Gasteiger partial charge in [-0.05, 0) is 24.3 Å². The van der Waals surface area contributed by atoms with Crippen molar-refractivity contribution in [2.75, 3.05) is 5.32 Å². The number of nitrogens with one attached hydrogen (secondary N) is 2. The van der Waals surface area contributed by atoms with Gasteiger partial charge >= 0.3 is 0 Å². The summed E-state index contributed by atoms with van der Waals surface area (Å²) in [6.45, 7) is 0.157. The van der Waals surface area contributed by atoms with E-state index < -0.39 is 29.9 Å². The lowest BCUT2D eigenvalue weighted by Crippen LogP contribution is -2.27. The van der Waals surface area contributed by atoms with Crippen LogP contribution in [0.1, 0.15) is 12.2 Å². The van der Waals surface area contributed by atoms with Gasteiger partial charge in [0.05, 0.1) is 18.5 Å². The van der Waals surface area contributed by atoms with E-state index in [4.69, 9.17) is 4.42 Å². The molecule has 0 bridgehead atoms. The first kappa shape index (κ1) is 14.7. The Labute approximate surface area is 118 Å². The summed E-state index contributed by atoms with van der Waals surface area (Å²) in [5, 5.41) is 4.67. The third-order valence-electron chi connectivity index (χ3n) is 2.57. The molecule has 1 heterocycles. The number of hydrogen-bond acceptors (Lipinski definition) is 3. The van der Waals surface area contributed by atoms with Crippen LogP contribution in [0.25, 0.3) is 0 Å². The van der Waals surface area contributed by atoms with E-state index >= 15 is 0 Å². The van der Waals surface area contributed by atoms with Crippen LogP contribution < -0.4 is 10.6 Å². The topological polar surface area (TPSA) is 71.3 Å². The highest BCUT2D eigenvalue weighted by Crippen LogP contribution is 2.15. The van der Waals surface area contributed by atoms with Crippen LogP contribution in [0.15, 0.2) is 41.0 Å². The predicted molar refractivity (Wildman–Crippen MR) is 70.2 cm³/mol. The zero-order chi connectivity index (χ0) is 15.2. The number of carbonyl (C=O) groups excluding carboxylic acids is 2. The molecule has 5 nitrogen and oxygen atoms in total. The molecule has 1 aromatic heterocycles. The van der Waals surface area contributed by atoms with Crippen LogP contribution in [0.3, 0.4) is 0 Å². The maximum atomic E-state index is 13.3. The standard InChI is InChI=1S/C14H12F2N2O3/c15-9-3-4-12(11(16)6-9)18-14(20)7-13(19)17-8-10-2-1-5-21-10/h1-6H,7-8H2,(H,17,19)(H,18,20). The minimum absolute atomic E-state index is 0.157. The van der Waals surface area contributed by atoms with E-state index in [0.717, 1.165) is 12.1 Å². The van der Waals surface area contributed by atoms with Crippen LogP contribution in [0, 0.1) is 11.6 Å². The number of amides is 2. The minimum atomic E-state index is -0.903. The number of carbonyl (C=O) groups is 2. The van der Waals surface area contributed by atoms with Crippen molar-refractivity contribution in [2.24, 2.45) is 0 Å². The largest absolute Gasteiger partial charge is 0.467 e. The second-order valence-electron chi connectivity index (χ2n) is 4.21. The van der Waals surface area contributed by atoms with Gasteiger partial charge in [-0.3, -0.25) is 9.59 Å². The first-order valence-corrected chi connectivity index (χ1v) is 6.08. The van der Waals surface area contributed by atoms with Crippen molar-refractivity contribution < 1.29 is 22.8 Å². The molecule has 1 aromatic carbocycles. The lowest BCUT2D eigenvalue weighted by molar-refractivity contribution is -0.127. The summed E-state index contributed by atoms with van der Waals surface area (Å²) in [6, 6.07) is 6.09. The summed E-state index contributed by atoms with van der Waals surface area (Å²) in [6.07, 6.45) is 0.989. The van der Waals surface area contributed by atoms with Gasteiger partial charge in [-0.15, -0.1) is 0 Å². The van der Waals surface area contributed by atoms with E-state index in [9.17, 15) is 18.4 Å². The van der Waals surface area contributed by atoms with Crippen LogP contribution >= 0.6 is 0 Å². The van der Waals surface area contributed by atoms with Crippen molar-refractivity contribution in [3.8, 4) is 0 Å². The highest BCUT2D eigenvalue weighted by atomic mass is 19.1. The number of benzene rings is 1. The molecule has 0 aliphatic heterocycles. The quantitative estimate of drug-likeness (QED) is 0.830. The van der Waals surface area contributed by atoms with E-state index in [0.29, 0.717) is 11.8 Å². The van der Waals surface area contributed by atoms with Crippen molar-refractivity contribution in [3.63, 3.8) is 0 Å². The molecule has 2 N–H and O–H groups in total. The summed E-state index contributed by atoms with van der Waals surface area (Å²) in [7, 11) is 0. The van der Waals surface area contributed by atoms with Gasteiger partial charge in [-0.2, -0.15) is 0 Å². The minimum Gasteiger partial charge on any atom is -0.467 e. The Kier molecular flexibility index (Phi) is 4.65. The second kappa shape index (κ2) is 6.65. The van der Waals surface area contributed by atoms with Gasteiger partial charge in [0.25, 0.3) is 0 Å². The smallest absolute Gasteiger partial charge is 0.233 e. The van der Waals surface area contributed by atoms with Crippen molar-refractivity contribution in [1.29, 1.82) is 0 Å². The van der Waals surface area contributed by atoms with Gasteiger partial charge in [-0.25, -0.2) is 8.78 Å². The number of anilines is 1. The van der Waals surface area contributed by atoms with Crippen molar-refractivity contribution in [1.82, 2.24) is 5.32 Å². The maximum absolute atomic E-state index is 13.3. The number of rotatable bonds is 5. The fourth-order valence-corrected chi connectivity index (χ4v) is 1.59. The maximum Gasteiger partial charge on any atom is 0.233 e. The number of halogens is 2. The lowest BCUT2D eigenvalue weighted by Gasteiger charge is -2.06. The molecule has 0 aliphatic rings. The fraction of sp³-hybridized carbons (Fsp3) is 0.143. The summed E-state index contributed by atoms with van der Waals surface area (Å²) in [5.74, 6) is -2.33. The average molecular weight is 294 g/mol. The number of furan rings is 1. The summed E-state index contributed by atoms with van der Waals surface area (Å²) < 4.78 is 31.0. The second-order valence-corrected chi connectivity index (χ2v) is 4.21. The molecule has 2 rings (SSSR count). The molecule has 0 atom stereocenters. The molecular formula is C14H12F2N2O3. The molecule has 0 unspecified atom stereocenters. The Hall–Kier alpha value is -2.70. The molecule has 2 aromatic rings. The Balaban J connectivity index is 1.82. The highest BCUT2D eigenvalue weighted by molar-refractivity contribution is 6.03. The van der Waals surface area contributed by atoms with Crippen molar-refractivity contribution >= 4 is 17.5 Å². The van der Waals surface area contributed by atoms with Crippen molar-refractivity contribution in [2.45, 2.75) is 13.0 Å². The van der Waals surface area contributed by atoms with Gasteiger partial charge in [0.15, 0.2) is 0 Å². The summed E-state index contributed by atoms with van der Waals surface area (Å²) in [5.41, 5.74) is -0.180. The lowest BCUT2D eigenvalue weighted by atomic mass is 10.2. The average Bonchev–Trinajstić information content (AvgIpc) is 2.93. The summed E-state index contributed by atoms with van der Waals surface area (Å²) in [4.78, 5) is 23.1. The molecule has 0 saturated carbocycles. The van der Waals surface area contributed by atoms with E-state index in [1.807, 2.05) is 0 Å². The zero-order valence-electron chi connectivity index (χ0n) is 10.9.